The first-order valence-corrected chi connectivity index (χ1v) is 6.50. The lowest BCUT2D eigenvalue weighted by atomic mass is 10.1. The number of aromatic nitrogens is 1. The molecule has 0 fully saturated rings. The van der Waals surface area contributed by atoms with Crippen molar-refractivity contribution in [2.75, 3.05) is 6.61 Å². The average molecular weight is 259 g/mol. The zero-order chi connectivity index (χ0) is 12.8. The Morgan fingerprint density at radius 2 is 2.33 bits per heavy atom. The molecule has 0 radical (unpaired) electrons. The van der Waals surface area contributed by atoms with E-state index in [1.54, 1.807) is 18.0 Å². The number of benzene rings is 1. The SMILES string of the molecule is Cc1coc(SCc2cccc(C#CCO)c2)n1. The van der Waals surface area contributed by atoms with Crippen LogP contribution in [0.25, 0.3) is 0 Å². The number of aliphatic hydroxyl groups is 1. The van der Waals surface area contributed by atoms with E-state index in [1.807, 2.05) is 31.2 Å². The molecule has 0 saturated heterocycles. The maximum absolute atomic E-state index is 8.65. The second-order valence-corrected chi connectivity index (χ2v) is 4.63. The normalized spacial score (nSPS) is 9.89. The number of nitrogens with zero attached hydrogens (tertiary/aromatic N) is 1. The summed E-state index contributed by atoms with van der Waals surface area (Å²) < 4.78 is 5.27. The summed E-state index contributed by atoms with van der Waals surface area (Å²) in [5.41, 5.74) is 2.95. The third-order valence-electron chi connectivity index (χ3n) is 2.20. The molecule has 0 bridgehead atoms. The van der Waals surface area contributed by atoms with Gasteiger partial charge in [-0.05, 0) is 24.6 Å². The zero-order valence-electron chi connectivity index (χ0n) is 10.0. The van der Waals surface area contributed by atoms with Crippen LogP contribution in [0.5, 0.6) is 0 Å². The molecule has 2 aromatic rings. The Balaban J connectivity index is 2.01. The largest absolute Gasteiger partial charge is 0.440 e. The molecule has 0 unspecified atom stereocenters. The number of oxazole rings is 1. The van der Waals surface area contributed by atoms with Crippen molar-refractivity contribution >= 4 is 11.8 Å². The van der Waals surface area contributed by atoms with Crippen molar-refractivity contribution in [2.24, 2.45) is 0 Å². The molecule has 0 amide bonds. The highest BCUT2D eigenvalue weighted by molar-refractivity contribution is 7.98. The van der Waals surface area contributed by atoms with Gasteiger partial charge in [-0.2, -0.15) is 0 Å². The number of aryl methyl sites for hydroxylation is 1. The molecule has 1 aromatic heterocycles. The summed E-state index contributed by atoms with van der Waals surface area (Å²) in [7, 11) is 0. The molecule has 2 rings (SSSR count). The molecule has 0 aliphatic heterocycles. The maximum atomic E-state index is 8.65. The van der Waals surface area contributed by atoms with Crippen LogP contribution in [0.1, 0.15) is 16.8 Å². The summed E-state index contributed by atoms with van der Waals surface area (Å²) in [6.45, 7) is 1.78. The highest BCUT2D eigenvalue weighted by Crippen LogP contribution is 2.22. The van der Waals surface area contributed by atoms with E-state index in [0.717, 1.165) is 22.6 Å². The van der Waals surface area contributed by atoms with Crippen molar-refractivity contribution in [1.82, 2.24) is 4.98 Å². The van der Waals surface area contributed by atoms with Gasteiger partial charge in [0.15, 0.2) is 0 Å². The van der Waals surface area contributed by atoms with Gasteiger partial charge in [0, 0.05) is 11.3 Å². The van der Waals surface area contributed by atoms with E-state index in [4.69, 9.17) is 9.52 Å². The Morgan fingerprint density at radius 1 is 1.44 bits per heavy atom. The van der Waals surface area contributed by atoms with Crippen LogP contribution in [0.2, 0.25) is 0 Å². The van der Waals surface area contributed by atoms with Gasteiger partial charge < -0.3 is 9.52 Å². The zero-order valence-corrected chi connectivity index (χ0v) is 10.8. The van der Waals surface area contributed by atoms with Crippen molar-refractivity contribution in [2.45, 2.75) is 17.9 Å². The van der Waals surface area contributed by atoms with Crippen LogP contribution in [0.4, 0.5) is 0 Å². The molecule has 1 aromatic carbocycles. The fourth-order valence-electron chi connectivity index (χ4n) is 1.42. The molecule has 0 saturated carbocycles. The van der Waals surface area contributed by atoms with Crippen LogP contribution in [-0.4, -0.2) is 16.7 Å². The topological polar surface area (TPSA) is 46.3 Å². The Hall–Kier alpha value is -1.70. The Bertz CT molecular complexity index is 581. The minimum atomic E-state index is -0.116. The second kappa shape index (κ2) is 6.29. The third kappa shape index (κ3) is 3.66. The van der Waals surface area contributed by atoms with Gasteiger partial charge in [0.2, 0.25) is 0 Å². The lowest BCUT2D eigenvalue weighted by molar-refractivity contribution is 0.350. The number of rotatable bonds is 3. The van der Waals surface area contributed by atoms with Gasteiger partial charge in [0.05, 0.1) is 5.69 Å². The number of hydrogen-bond donors (Lipinski definition) is 1. The summed E-state index contributed by atoms with van der Waals surface area (Å²) in [5.74, 6) is 6.31. The lowest BCUT2D eigenvalue weighted by Gasteiger charge is -1.99. The van der Waals surface area contributed by atoms with Gasteiger partial charge in [-0.3, -0.25) is 0 Å². The fraction of sp³-hybridized carbons (Fsp3) is 0.214. The summed E-state index contributed by atoms with van der Waals surface area (Å²) in [4.78, 5) is 4.23. The van der Waals surface area contributed by atoms with E-state index in [9.17, 15) is 0 Å². The first-order chi connectivity index (χ1) is 8.78. The molecule has 3 nitrogen and oxygen atoms in total. The van der Waals surface area contributed by atoms with Gasteiger partial charge >= 0.3 is 0 Å². The molecular weight excluding hydrogens is 246 g/mol. The van der Waals surface area contributed by atoms with Crippen LogP contribution >= 0.6 is 11.8 Å². The molecule has 0 aliphatic rings. The van der Waals surface area contributed by atoms with Crippen molar-refractivity contribution in [3.8, 4) is 11.8 Å². The number of thioether (sulfide) groups is 1. The molecule has 92 valence electrons. The van der Waals surface area contributed by atoms with Gasteiger partial charge in [0.25, 0.3) is 5.22 Å². The van der Waals surface area contributed by atoms with Crippen molar-refractivity contribution < 1.29 is 9.52 Å². The molecule has 0 spiro atoms. The highest BCUT2D eigenvalue weighted by atomic mass is 32.2. The Kier molecular flexibility index (Phi) is 4.46. The minimum Gasteiger partial charge on any atom is -0.440 e. The van der Waals surface area contributed by atoms with Gasteiger partial charge in [0.1, 0.15) is 12.9 Å². The number of aliphatic hydroxyl groups excluding tert-OH is 1. The van der Waals surface area contributed by atoms with Gasteiger partial charge in [-0.25, -0.2) is 4.98 Å². The summed E-state index contributed by atoms with van der Waals surface area (Å²) >= 11 is 1.55. The van der Waals surface area contributed by atoms with Crippen LogP contribution in [0.3, 0.4) is 0 Å². The predicted octanol–water partition coefficient (Wildman–Crippen LogP) is 2.62. The van der Waals surface area contributed by atoms with E-state index < -0.39 is 0 Å². The smallest absolute Gasteiger partial charge is 0.256 e. The Labute approximate surface area is 110 Å². The minimum absolute atomic E-state index is 0.116. The summed E-state index contributed by atoms with van der Waals surface area (Å²) in [6.07, 6.45) is 1.64. The van der Waals surface area contributed by atoms with Crippen LogP contribution in [0.15, 0.2) is 40.2 Å². The van der Waals surface area contributed by atoms with E-state index in [1.165, 1.54) is 0 Å². The van der Waals surface area contributed by atoms with E-state index in [0.29, 0.717) is 5.22 Å². The predicted molar refractivity (Wildman–Crippen MR) is 71.2 cm³/mol. The molecule has 1 heterocycles. The van der Waals surface area contributed by atoms with Crippen molar-refractivity contribution in [3.05, 3.63) is 47.3 Å². The van der Waals surface area contributed by atoms with Gasteiger partial charge in [-0.15, -0.1) is 0 Å². The van der Waals surface area contributed by atoms with Gasteiger partial charge in [-0.1, -0.05) is 35.7 Å². The first kappa shape index (κ1) is 12.7. The average Bonchev–Trinajstić information content (AvgIpc) is 2.80. The highest BCUT2D eigenvalue weighted by Gasteiger charge is 2.02. The molecular formula is C14H13NO2S. The maximum Gasteiger partial charge on any atom is 0.256 e. The fourth-order valence-corrected chi connectivity index (χ4v) is 2.22. The first-order valence-electron chi connectivity index (χ1n) is 5.51. The lowest BCUT2D eigenvalue weighted by Crippen LogP contribution is -1.83. The molecule has 0 aliphatic carbocycles. The summed E-state index contributed by atoms with van der Waals surface area (Å²) in [5, 5.41) is 9.33. The molecule has 1 N–H and O–H groups in total. The second-order valence-electron chi connectivity index (χ2n) is 3.70. The molecule has 4 heteroatoms. The summed E-state index contributed by atoms with van der Waals surface area (Å²) in [6, 6.07) is 7.92. The third-order valence-corrected chi connectivity index (χ3v) is 3.11. The van der Waals surface area contributed by atoms with E-state index in [-0.39, 0.29) is 6.61 Å². The van der Waals surface area contributed by atoms with E-state index >= 15 is 0 Å². The van der Waals surface area contributed by atoms with E-state index in [2.05, 4.69) is 16.8 Å². The monoisotopic (exact) mass is 259 g/mol. The molecule has 18 heavy (non-hydrogen) atoms. The number of hydrogen-bond acceptors (Lipinski definition) is 4. The standard InChI is InChI=1S/C14H13NO2S/c1-11-9-17-14(15-11)18-10-13-5-2-4-12(8-13)6-3-7-16/h2,4-5,8-9,16H,7,10H2,1H3. The quantitative estimate of drug-likeness (QED) is 0.680. The van der Waals surface area contributed by atoms with Crippen molar-refractivity contribution in [3.63, 3.8) is 0 Å². The van der Waals surface area contributed by atoms with Crippen LogP contribution in [0, 0.1) is 18.8 Å². The van der Waals surface area contributed by atoms with Crippen molar-refractivity contribution in [1.29, 1.82) is 0 Å². The Morgan fingerprint density at radius 3 is 3.06 bits per heavy atom. The van der Waals surface area contributed by atoms with Crippen LogP contribution in [-0.2, 0) is 5.75 Å². The molecule has 0 atom stereocenters. The van der Waals surface area contributed by atoms with Crippen LogP contribution < -0.4 is 0 Å².